The van der Waals surface area contributed by atoms with Crippen molar-refractivity contribution in [3.63, 3.8) is 0 Å². The van der Waals surface area contributed by atoms with Crippen molar-refractivity contribution in [2.45, 2.75) is 18.4 Å². The molecule has 0 amide bonds. The Labute approximate surface area is 71.9 Å². The summed E-state index contributed by atoms with van der Waals surface area (Å²) in [6, 6.07) is 2.24. The van der Waals surface area contributed by atoms with Gasteiger partial charge in [-0.05, 0) is 24.6 Å². The van der Waals surface area contributed by atoms with Crippen molar-refractivity contribution in [2.75, 3.05) is 13.1 Å². The number of piperidine rings is 1. The van der Waals surface area contributed by atoms with Crippen LogP contribution in [0.5, 0.6) is 0 Å². The quantitative estimate of drug-likeness (QED) is 0.645. The molecule has 2 heterocycles. The molecular weight excluding hydrogens is 152 g/mol. The van der Waals surface area contributed by atoms with Gasteiger partial charge in [-0.25, -0.2) is 0 Å². The minimum atomic E-state index is 0.233. The van der Waals surface area contributed by atoms with Gasteiger partial charge in [-0.15, -0.1) is 0 Å². The molecule has 0 spiro atoms. The van der Waals surface area contributed by atoms with E-state index in [-0.39, 0.29) is 6.04 Å². The molecule has 0 aliphatic carbocycles. The average Bonchev–Trinajstić information content (AvgIpc) is 2.57. The highest BCUT2D eigenvalue weighted by atomic mass is 16.3. The molecular formula is C9H14N2O. The molecule has 2 rings (SSSR count). The molecule has 1 aliphatic heterocycles. The maximum atomic E-state index is 5.97. The Kier molecular flexibility index (Phi) is 2.15. The fraction of sp³-hybridized carbons (Fsp3) is 0.556. The van der Waals surface area contributed by atoms with Gasteiger partial charge in [0.2, 0.25) is 0 Å². The van der Waals surface area contributed by atoms with Crippen LogP contribution >= 0.6 is 0 Å². The lowest BCUT2D eigenvalue weighted by Gasteiger charge is -2.28. The maximum absolute atomic E-state index is 5.97. The summed E-state index contributed by atoms with van der Waals surface area (Å²) in [6.07, 6.45) is 4.63. The molecule has 2 unspecified atom stereocenters. The Morgan fingerprint density at radius 1 is 1.58 bits per heavy atom. The monoisotopic (exact) mass is 166 g/mol. The van der Waals surface area contributed by atoms with E-state index in [1.165, 1.54) is 5.56 Å². The van der Waals surface area contributed by atoms with E-state index in [1.807, 2.05) is 6.07 Å². The first-order valence-electron chi connectivity index (χ1n) is 4.36. The van der Waals surface area contributed by atoms with Gasteiger partial charge in [-0.1, -0.05) is 0 Å². The normalized spacial score (nSPS) is 30.4. The van der Waals surface area contributed by atoms with Gasteiger partial charge < -0.3 is 15.5 Å². The van der Waals surface area contributed by atoms with Gasteiger partial charge in [0.05, 0.1) is 12.5 Å². The van der Waals surface area contributed by atoms with Crippen molar-refractivity contribution in [2.24, 2.45) is 5.73 Å². The van der Waals surface area contributed by atoms with Crippen LogP contribution in [0.1, 0.15) is 17.9 Å². The first-order chi connectivity index (χ1) is 5.88. The molecule has 1 fully saturated rings. The van der Waals surface area contributed by atoms with E-state index in [2.05, 4.69) is 5.32 Å². The summed E-state index contributed by atoms with van der Waals surface area (Å²) in [5.41, 5.74) is 7.21. The molecule has 0 radical (unpaired) electrons. The smallest absolute Gasteiger partial charge is 0.0937 e. The van der Waals surface area contributed by atoms with Crippen molar-refractivity contribution in [3.05, 3.63) is 24.2 Å². The molecule has 1 aromatic heterocycles. The Morgan fingerprint density at radius 2 is 2.50 bits per heavy atom. The molecule has 0 saturated carbocycles. The third-order valence-electron chi connectivity index (χ3n) is 2.50. The summed E-state index contributed by atoms with van der Waals surface area (Å²) in [5, 5.41) is 3.27. The standard InChI is InChI=1S/C9H14N2O/c10-9-5-11-3-1-8(9)7-2-4-12-6-7/h2,4,6,8-9,11H,1,3,5,10H2. The number of hydrogen-bond donors (Lipinski definition) is 2. The first-order valence-corrected chi connectivity index (χ1v) is 4.36. The van der Waals surface area contributed by atoms with Crippen LogP contribution in [0.2, 0.25) is 0 Å². The predicted molar refractivity (Wildman–Crippen MR) is 46.9 cm³/mol. The second-order valence-corrected chi connectivity index (χ2v) is 3.32. The fourth-order valence-corrected chi connectivity index (χ4v) is 1.78. The summed E-state index contributed by atoms with van der Waals surface area (Å²) in [7, 11) is 0. The zero-order valence-corrected chi connectivity index (χ0v) is 6.99. The van der Waals surface area contributed by atoms with Gasteiger partial charge in [-0.2, -0.15) is 0 Å². The van der Waals surface area contributed by atoms with E-state index in [1.54, 1.807) is 12.5 Å². The molecule has 1 aromatic rings. The van der Waals surface area contributed by atoms with Crippen molar-refractivity contribution < 1.29 is 4.42 Å². The molecule has 3 nitrogen and oxygen atoms in total. The van der Waals surface area contributed by atoms with Gasteiger partial charge in [0.1, 0.15) is 0 Å². The molecule has 1 saturated heterocycles. The summed E-state index contributed by atoms with van der Waals surface area (Å²) < 4.78 is 5.04. The second kappa shape index (κ2) is 3.29. The highest BCUT2D eigenvalue weighted by Crippen LogP contribution is 2.24. The predicted octanol–water partition coefficient (Wildman–Crippen LogP) is 0.684. The van der Waals surface area contributed by atoms with Crippen molar-refractivity contribution in [1.29, 1.82) is 0 Å². The van der Waals surface area contributed by atoms with Crippen molar-refractivity contribution >= 4 is 0 Å². The van der Waals surface area contributed by atoms with E-state index in [0.717, 1.165) is 19.5 Å². The van der Waals surface area contributed by atoms with Crippen LogP contribution in [0.15, 0.2) is 23.0 Å². The highest BCUT2D eigenvalue weighted by molar-refractivity contribution is 5.16. The number of nitrogens with two attached hydrogens (primary N) is 1. The number of furan rings is 1. The minimum absolute atomic E-state index is 0.233. The molecule has 0 bridgehead atoms. The SMILES string of the molecule is NC1CNCCC1c1ccoc1. The zero-order chi connectivity index (χ0) is 8.39. The topological polar surface area (TPSA) is 51.2 Å². The van der Waals surface area contributed by atoms with Gasteiger partial charge in [0, 0.05) is 18.5 Å². The molecule has 3 N–H and O–H groups in total. The summed E-state index contributed by atoms with van der Waals surface area (Å²) in [4.78, 5) is 0. The van der Waals surface area contributed by atoms with Crippen molar-refractivity contribution in [3.8, 4) is 0 Å². The van der Waals surface area contributed by atoms with Crippen LogP contribution < -0.4 is 11.1 Å². The van der Waals surface area contributed by atoms with Gasteiger partial charge >= 0.3 is 0 Å². The Morgan fingerprint density at radius 3 is 3.17 bits per heavy atom. The summed E-state index contributed by atoms with van der Waals surface area (Å²) in [5.74, 6) is 0.477. The maximum Gasteiger partial charge on any atom is 0.0937 e. The Balaban J connectivity index is 2.11. The number of nitrogens with one attached hydrogen (secondary N) is 1. The molecule has 2 atom stereocenters. The molecule has 1 aliphatic rings. The van der Waals surface area contributed by atoms with E-state index in [9.17, 15) is 0 Å². The molecule has 66 valence electrons. The van der Waals surface area contributed by atoms with Gasteiger partial charge in [-0.3, -0.25) is 0 Å². The Hall–Kier alpha value is -0.800. The highest BCUT2D eigenvalue weighted by Gasteiger charge is 2.23. The summed E-state index contributed by atoms with van der Waals surface area (Å²) >= 11 is 0. The lowest BCUT2D eigenvalue weighted by Crippen LogP contribution is -2.44. The van der Waals surface area contributed by atoms with E-state index in [0.29, 0.717) is 5.92 Å². The third kappa shape index (κ3) is 1.38. The zero-order valence-electron chi connectivity index (χ0n) is 6.99. The molecule has 3 heteroatoms. The molecule has 12 heavy (non-hydrogen) atoms. The van der Waals surface area contributed by atoms with E-state index in [4.69, 9.17) is 10.2 Å². The summed E-state index contributed by atoms with van der Waals surface area (Å²) in [6.45, 7) is 1.97. The molecule has 0 aromatic carbocycles. The van der Waals surface area contributed by atoms with Gasteiger partial charge in [0.15, 0.2) is 0 Å². The second-order valence-electron chi connectivity index (χ2n) is 3.32. The largest absolute Gasteiger partial charge is 0.472 e. The lowest BCUT2D eigenvalue weighted by molar-refractivity contribution is 0.400. The lowest BCUT2D eigenvalue weighted by atomic mass is 9.88. The van der Waals surface area contributed by atoms with E-state index >= 15 is 0 Å². The number of rotatable bonds is 1. The van der Waals surface area contributed by atoms with Crippen LogP contribution in [-0.4, -0.2) is 19.1 Å². The van der Waals surface area contributed by atoms with Crippen LogP contribution in [0, 0.1) is 0 Å². The third-order valence-corrected chi connectivity index (χ3v) is 2.50. The van der Waals surface area contributed by atoms with E-state index < -0.39 is 0 Å². The van der Waals surface area contributed by atoms with Crippen LogP contribution in [-0.2, 0) is 0 Å². The Bertz CT molecular complexity index is 233. The van der Waals surface area contributed by atoms with Crippen molar-refractivity contribution in [1.82, 2.24) is 5.32 Å². The minimum Gasteiger partial charge on any atom is -0.472 e. The van der Waals surface area contributed by atoms with Crippen LogP contribution in [0.25, 0.3) is 0 Å². The van der Waals surface area contributed by atoms with Crippen LogP contribution in [0.3, 0.4) is 0 Å². The first kappa shape index (κ1) is 7.83. The fourth-order valence-electron chi connectivity index (χ4n) is 1.78. The van der Waals surface area contributed by atoms with Gasteiger partial charge in [0.25, 0.3) is 0 Å². The number of hydrogen-bond acceptors (Lipinski definition) is 3. The average molecular weight is 166 g/mol. The van der Waals surface area contributed by atoms with Crippen LogP contribution in [0.4, 0.5) is 0 Å².